The molecule has 0 amide bonds. The van der Waals surface area contributed by atoms with E-state index in [0.717, 1.165) is 24.5 Å². The Balaban J connectivity index is 2.73. The van der Waals surface area contributed by atoms with Crippen LogP contribution in [0.5, 0.6) is 5.75 Å². The van der Waals surface area contributed by atoms with Gasteiger partial charge < -0.3 is 10.2 Å². The van der Waals surface area contributed by atoms with Crippen LogP contribution in [-0.2, 0) is 0 Å². The van der Waals surface area contributed by atoms with Gasteiger partial charge in [0.2, 0.25) is 0 Å². The third kappa shape index (κ3) is 3.44. The topological polar surface area (TPSA) is 24.5 Å². The van der Waals surface area contributed by atoms with Crippen LogP contribution < -0.4 is 10.2 Å². The Morgan fingerprint density at radius 3 is 2.40 bits per heavy atom. The molecule has 0 radical (unpaired) electrons. The van der Waals surface area contributed by atoms with Gasteiger partial charge in [0.05, 0.1) is 12.3 Å². The number of nitrogens with zero attached hydrogens (tertiary/aromatic N) is 1. The largest absolute Gasteiger partial charge is 0.492 e. The van der Waals surface area contributed by atoms with E-state index in [1.54, 1.807) is 0 Å². The van der Waals surface area contributed by atoms with Crippen LogP contribution in [0.2, 0.25) is 0 Å². The molecule has 15 heavy (non-hydrogen) atoms. The van der Waals surface area contributed by atoms with E-state index in [4.69, 9.17) is 4.74 Å². The molecule has 0 heterocycles. The number of anilines is 1. The fraction of sp³-hybridized carbons (Fsp3) is 0.500. The van der Waals surface area contributed by atoms with Crippen LogP contribution in [-0.4, -0.2) is 24.7 Å². The summed E-state index contributed by atoms with van der Waals surface area (Å²) in [6.45, 7) is 8.87. The first-order valence-electron chi connectivity index (χ1n) is 5.55. The number of rotatable bonds is 6. The summed E-state index contributed by atoms with van der Waals surface area (Å²) in [5.41, 5.74) is 4.37. The van der Waals surface area contributed by atoms with E-state index in [9.17, 15) is 0 Å². The Morgan fingerprint density at radius 2 is 1.80 bits per heavy atom. The lowest BCUT2D eigenvalue weighted by molar-refractivity contribution is 0.331. The molecule has 1 aromatic carbocycles. The molecular weight excluding hydrogens is 188 g/mol. The minimum atomic E-state index is 0.691. The van der Waals surface area contributed by atoms with E-state index >= 15 is 0 Å². The summed E-state index contributed by atoms with van der Waals surface area (Å²) < 4.78 is 5.54. The molecule has 0 aliphatic carbocycles. The van der Waals surface area contributed by atoms with Gasteiger partial charge in [-0.1, -0.05) is 26.0 Å². The summed E-state index contributed by atoms with van der Waals surface area (Å²) in [7, 11) is 0. The van der Waals surface area contributed by atoms with Crippen LogP contribution in [0.25, 0.3) is 0 Å². The lowest BCUT2D eigenvalue weighted by atomic mass is 10.3. The molecule has 0 aliphatic rings. The summed E-state index contributed by atoms with van der Waals surface area (Å²) >= 11 is 0. The second-order valence-corrected chi connectivity index (χ2v) is 3.21. The van der Waals surface area contributed by atoms with Crippen molar-refractivity contribution in [3.8, 4) is 5.75 Å². The first-order valence-corrected chi connectivity index (χ1v) is 5.55. The average Bonchev–Trinajstić information content (AvgIpc) is 2.28. The molecule has 0 bridgehead atoms. The van der Waals surface area contributed by atoms with Crippen molar-refractivity contribution in [2.45, 2.75) is 20.8 Å². The monoisotopic (exact) mass is 208 g/mol. The normalized spacial score (nSPS) is 10.4. The molecule has 0 fully saturated rings. The molecule has 0 aliphatic heterocycles. The Morgan fingerprint density at radius 1 is 1.13 bits per heavy atom. The number of hydrogen-bond acceptors (Lipinski definition) is 3. The maximum absolute atomic E-state index is 5.54. The number of hydrazine groups is 1. The highest BCUT2D eigenvalue weighted by atomic mass is 16.5. The van der Waals surface area contributed by atoms with E-state index in [1.807, 2.05) is 31.2 Å². The molecule has 84 valence electrons. The van der Waals surface area contributed by atoms with Gasteiger partial charge in [0.1, 0.15) is 5.75 Å². The second-order valence-electron chi connectivity index (χ2n) is 3.21. The number of hydrogen-bond donors (Lipinski definition) is 1. The Bertz CT molecular complexity index is 285. The van der Waals surface area contributed by atoms with Gasteiger partial charge >= 0.3 is 0 Å². The zero-order valence-corrected chi connectivity index (χ0v) is 9.79. The molecule has 1 rings (SSSR count). The Kier molecular flexibility index (Phi) is 4.98. The number of nitrogens with one attached hydrogen (secondary N) is 1. The van der Waals surface area contributed by atoms with Crippen molar-refractivity contribution in [3.05, 3.63) is 24.3 Å². The molecule has 3 nitrogen and oxygen atoms in total. The van der Waals surface area contributed by atoms with Crippen LogP contribution in [0.3, 0.4) is 0 Å². The highest BCUT2D eigenvalue weighted by Gasteiger charge is 2.04. The van der Waals surface area contributed by atoms with Gasteiger partial charge in [-0.3, -0.25) is 0 Å². The summed E-state index contributed by atoms with van der Waals surface area (Å²) in [5, 5.41) is 2.14. The third-order valence-electron chi connectivity index (χ3n) is 2.23. The van der Waals surface area contributed by atoms with Crippen molar-refractivity contribution >= 4 is 5.69 Å². The van der Waals surface area contributed by atoms with Gasteiger partial charge in [-0.2, -0.15) is 0 Å². The number of benzene rings is 1. The Hall–Kier alpha value is -1.22. The van der Waals surface area contributed by atoms with Gasteiger partial charge in [-0.25, -0.2) is 5.01 Å². The van der Waals surface area contributed by atoms with Crippen LogP contribution in [0.4, 0.5) is 5.69 Å². The zero-order valence-electron chi connectivity index (χ0n) is 9.79. The summed E-state index contributed by atoms with van der Waals surface area (Å²) in [5.74, 6) is 0.909. The van der Waals surface area contributed by atoms with Crippen molar-refractivity contribution < 1.29 is 4.74 Å². The van der Waals surface area contributed by atoms with Gasteiger partial charge in [0, 0.05) is 13.1 Å². The van der Waals surface area contributed by atoms with E-state index in [0.29, 0.717) is 6.61 Å². The molecule has 1 N–H and O–H groups in total. The highest BCUT2D eigenvalue weighted by molar-refractivity contribution is 5.55. The summed E-state index contributed by atoms with van der Waals surface area (Å²) in [4.78, 5) is 0. The minimum Gasteiger partial charge on any atom is -0.492 e. The molecule has 0 unspecified atom stereocenters. The van der Waals surface area contributed by atoms with Crippen molar-refractivity contribution in [2.75, 3.05) is 25.1 Å². The molecule has 0 spiro atoms. The summed E-state index contributed by atoms with van der Waals surface area (Å²) in [6, 6.07) is 8.01. The first kappa shape index (κ1) is 11.9. The quantitative estimate of drug-likeness (QED) is 0.727. The van der Waals surface area contributed by atoms with Crippen LogP contribution in [0.1, 0.15) is 20.8 Å². The van der Waals surface area contributed by atoms with Gasteiger partial charge in [-0.05, 0) is 19.1 Å². The molecule has 3 heteroatoms. The van der Waals surface area contributed by atoms with E-state index in [2.05, 4.69) is 24.3 Å². The van der Waals surface area contributed by atoms with Crippen molar-refractivity contribution in [1.82, 2.24) is 5.01 Å². The molecule has 1 aromatic rings. The van der Waals surface area contributed by atoms with E-state index < -0.39 is 0 Å². The molecule has 0 atom stereocenters. The fourth-order valence-electron chi connectivity index (χ4n) is 1.39. The minimum absolute atomic E-state index is 0.691. The van der Waals surface area contributed by atoms with Gasteiger partial charge in [0.25, 0.3) is 0 Å². The van der Waals surface area contributed by atoms with E-state index in [1.165, 1.54) is 0 Å². The maximum Gasteiger partial charge on any atom is 0.143 e. The zero-order chi connectivity index (χ0) is 11.1. The molecule has 0 saturated carbocycles. The number of ether oxygens (including phenoxy) is 1. The van der Waals surface area contributed by atoms with Crippen molar-refractivity contribution in [2.24, 2.45) is 0 Å². The predicted molar refractivity (Wildman–Crippen MR) is 64.2 cm³/mol. The Labute approximate surface area is 92.0 Å². The van der Waals surface area contributed by atoms with Gasteiger partial charge in [0.15, 0.2) is 0 Å². The van der Waals surface area contributed by atoms with Crippen LogP contribution in [0.15, 0.2) is 24.3 Å². The predicted octanol–water partition coefficient (Wildman–Crippen LogP) is 2.75. The maximum atomic E-state index is 5.54. The van der Waals surface area contributed by atoms with Crippen molar-refractivity contribution in [3.63, 3.8) is 0 Å². The standard InChI is InChI=1S/C12H20N2O/c1-4-14(5-2)13-11-9-7-8-10-12(11)15-6-3/h7-10,13H,4-6H2,1-3H3. The lowest BCUT2D eigenvalue weighted by Crippen LogP contribution is -2.29. The third-order valence-corrected chi connectivity index (χ3v) is 2.23. The second kappa shape index (κ2) is 6.30. The first-order chi connectivity index (χ1) is 7.31. The van der Waals surface area contributed by atoms with E-state index in [-0.39, 0.29) is 0 Å². The molecule has 0 saturated heterocycles. The smallest absolute Gasteiger partial charge is 0.143 e. The van der Waals surface area contributed by atoms with Crippen LogP contribution in [0, 0.1) is 0 Å². The van der Waals surface area contributed by atoms with Crippen molar-refractivity contribution in [1.29, 1.82) is 0 Å². The highest BCUT2D eigenvalue weighted by Crippen LogP contribution is 2.23. The lowest BCUT2D eigenvalue weighted by Gasteiger charge is -2.22. The summed E-state index contributed by atoms with van der Waals surface area (Å²) in [6.07, 6.45) is 0. The van der Waals surface area contributed by atoms with Gasteiger partial charge in [-0.15, -0.1) is 0 Å². The molecular formula is C12H20N2O. The van der Waals surface area contributed by atoms with Crippen LogP contribution >= 0.6 is 0 Å². The SMILES string of the molecule is CCOc1ccccc1NN(CC)CC. The molecule has 0 aromatic heterocycles. The average molecular weight is 208 g/mol. The fourth-order valence-corrected chi connectivity index (χ4v) is 1.39. The number of para-hydroxylation sites is 2.